The lowest BCUT2D eigenvalue weighted by Gasteiger charge is -2.10. The Balaban J connectivity index is 1.43. The summed E-state index contributed by atoms with van der Waals surface area (Å²) in [5.41, 5.74) is 2.47. The van der Waals surface area contributed by atoms with Gasteiger partial charge in [-0.1, -0.05) is 30.3 Å². The van der Waals surface area contributed by atoms with E-state index in [2.05, 4.69) is 29.2 Å². The molecule has 0 aliphatic rings. The number of hydrogen-bond donors (Lipinski definition) is 0. The van der Waals surface area contributed by atoms with Crippen molar-refractivity contribution in [1.82, 2.24) is 9.55 Å². The van der Waals surface area contributed by atoms with Crippen LogP contribution in [0.1, 0.15) is 24.0 Å². The summed E-state index contributed by atoms with van der Waals surface area (Å²) in [6.45, 7) is 1.54. The Labute approximate surface area is 149 Å². The molecule has 0 saturated heterocycles. The molecule has 3 rings (SSSR count). The number of hydrogen-bond acceptors (Lipinski definition) is 3. The molecule has 0 saturated carbocycles. The van der Waals surface area contributed by atoms with Crippen LogP contribution < -0.4 is 9.47 Å². The second-order valence-corrected chi connectivity index (χ2v) is 6.00. The minimum atomic E-state index is 0.726. The Morgan fingerprint density at radius 2 is 1.96 bits per heavy atom. The number of benzene rings is 2. The fourth-order valence-corrected chi connectivity index (χ4v) is 2.84. The molecular weight excluding hydrogens is 312 g/mol. The number of aromatic nitrogens is 2. The summed E-state index contributed by atoms with van der Waals surface area (Å²) in [4.78, 5) is 4.07. The summed E-state index contributed by atoms with van der Waals surface area (Å²) in [5.74, 6) is 1.89. The van der Waals surface area contributed by atoms with E-state index < -0.39 is 0 Å². The number of rotatable bonds is 9. The summed E-state index contributed by atoms with van der Waals surface area (Å²) in [5, 5.41) is 0. The van der Waals surface area contributed by atoms with Crippen molar-refractivity contribution in [2.24, 2.45) is 0 Å². The van der Waals surface area contributed by atoms with E-state index in [4.69, 9.17) is 9.47 Å². The number of imidazole rings is 1. The monoisotopic (exact) mass is 336 g/mol. The molecule has 0 amide bonds. The van der Waals surface area contributed by atoms with Gasteiger partial charge in [0.05, 0.1) is 20.0 Å². The van der Waals surface area contributed by atoms with Crippen LogP contribution in [0.5, 0.6) is 11.5 Å². The number of nitrogens with zero attached hydrogens (tertiary/aromatic N) is 2. The van der Waals surface area contributed by atoms with E-state index >= 15 is 0 Å². The number of para-hydroxylation sites is 1. The van der Waals surface area contributed by atoms with Crippen LogP contribution in [0.3, 0.4) is 0 Å². The van der Waals surface area contributed by atoms with Crippen molar-refractivity contribution in [2.75, 3.05) is 13.7 Å². The first-order chi connectivity index (χ1) is 12.3. The lowest BCUT2D eigenvalue weighted by Crippen LogP contribution is -2.01. The number of methoxy groups -OCH3 is 1. The van der Waals surface area contributed by atoms with E-state index in [0.717, 1.165) is 43.9 Å². The van der Waals surface area contributed by atoms with Gasteiger partial charge < -0.3 is 14.0 Å². The molecule has 1 heterocycles. The quantitative estimate of drug-likeness (QED) is 0.545. The van der Waals surface area contributed by atoms with E-state index in [9.17, 15) is 0 Å². The van der Waals surface area contributed by atoms with Crippen LogP contribution in [0.25, 0.3) is 0 Å². The highest BCUT2D eigenvalue weighted by Gasteiger charge is 2.02. The first kappa shape index (κ1) is 17.1. The van der Waals surface area contributed by atoms with Crippen LogP contribution in [-0.4, -0.2) is 23.3 Å². The highest BCUT2D eigenvalue weighted by Crippen LogP contribution is 2.20. The number of aryl methyl sites for hydroxylation is 1. The standard InChI is InChI=1S/C21H24N2O2/c1-24-21-11-3-2-8-19(21)9-4-5-14-25-20-10-6-7-18(15-20)16-23-13-12-22-17-23/h2-3,6-8,10-13,15,17H,4-5,9,14,16H2,1H3. The molecule has 0 atom stereocenters. The van der Waals surface area contributed by atoms with Crippen molar-refractivity contribution in [3.63, 3.8) is 0 Å². The maximum atomic E-state index is 5.90. The highest BCUT2D eigenvalue weighted by molar-refractivity contribution is 5.33. The molecule has 0 aliphatic carbocycles. The van der Waals surface area contributed by atoms with Crippen molar-refractivity contribution >= 4 is 0 Å². The normalized spacial score (nSPS) is 10.6. The molecule has 0 radical (unpaired) electrons. The molecule has 130 valence electrons. The van der Waals surface area contributed by atoms with Crippen molar-refractivity contribution in [2.45, 2.75) is 25.8 Å². The molecule has 4 nitrogen and oxygen atoms in total. The minimum Gasteiger partial charge on any atom is -0.496 e. The zero-order chi connectivity index (χ0) is 17.3. The van der Waals surface area contributed by atoms with Crippen molar-refractivity contribution in [3.8, 4) is 11.5 Å². The molecule has 0 N–H and O–H groups in total. The topological polar surface area (TPSA) is 36.3 Å². The average Bonchev–Trinajstić information content (AvgIpc) is 3.15. The fraction of sp³-hybridized carbons (Fsp3) is 0.286. The Bertz CT molecular complexity index is 769. The molecular formula is C21H24N2O2. The van der Waals surface area contributed by atoms with E-state index in [1.807, 2.05) is 41.4 Å². The summed E-state index contributed by atoms with van der Waals surface area (Å²) < 4.78 is 13.3. The van der Waals surface area contributed by atoms with E-state index in [-0.39, 0.29) is 0 Å². The lowest BCUT2D eigenvalue weighted by molar-refractivity contribution is 0.306. The molecule has 0 fully saturated rings. The first-order valence-corrected chi connectivity index (χ1v) is 8.64. The fourth-order valence-electron chi connectivity index (χ4n) is 2.84. The van der Waals surface area contributed by atoms with Gasteiger partial charge >= 0.3 is 0 Å². The Kier molecular flexibility index (Phi) is 6.10. The summed E-state index contributed by atoms with van der Waals surface area (Å²) >= 11 is 0. The van der Waals surface area contributed by atoms with Crippen LogP contribution >= 0.6 is 0 Å². The van der Waals surface area contributed by atoms with Crippen LogP contribution in [0.15, 0.2) is 67.3 Å². The van der Waals surface area contributed by atoms with Gasteiger partial charge in [-0.15, -0.1) is 0 Å². The summed E-state index contributed by atoms with van der Waals surface area (Å²) in [7, 11) is 1.72. The smallest absolute Gasteiger partial charge is 0.122 e. The van der Waals surface area contributed by atoms with Crippen LogP contribution in [0.2, 0.25) is 0 Å². The number of unbranched alkanes of at least 4 members (excludes halogenated alkanes) is 1. The SMILES string of the molecule is COc1ccccc1CCCCOc1cccc(Cn2ccnc2)c1. The van der Waals surface area contributed by atoms with Crippen molar-refractivity contribution in [3.05, 3.63) is 78.4 Å². The Hall–Kier alpha value is -2.75. The van der Waals surface area contributed by atoms with Crippen molar-refractivity contribution < 1.29 is 9.47 Å². The zero-order valence-electron chi connectivity index (χ0n) is 14.6. The van der Waals surface area contributed by atoms with E-state index in [1.54, 1.807) is 13.3 Å². The van der Waals surface area contributed by atoms with Gasteiger partial charge in [0.25, 0.3) is 0 Å². The molecule has 0 aliphatic heterocycles. The Morgan fingerprint density at radius 3 is 2.80 bits per heavy atom. The Morgan fingerprint density at radius 1 is 1.04 bits per heavy atom. The highest BCUT2D eigenvalue weighted by atomic mass is 16.5. The maximum absolute atomic E-state index is 5.90. The van der Waals surface area contributed by atoms with Crippen LogP contribution in [-0.2, 0) is 13.0 Å². The third-order valence-electron chi connectivity index (χ3n) is 4.12. The second kappa shape index (κ2) is 8.92. The van der Waals surface area contributed by atoms with Gasteiger partial charge in [0, 0.05) is 18.9 Å². The molecule has 2 aromatic carbocycles. The molecule has 1 aromatic heterocycles. The van der Waals surface area contributed by atoms with Gasteiger partial charge in [-0.05, 0) is 48.6 Å². The van der Waals surface area contributed by atoms with Gasteiger partial charge in [-0.3, -0.25) is 0 Å². The molecule has 25 heavy (non-hydrogen) atoms. The number of ether oxygens (including phenoxy) is 2. The largest absolute Gasteiger partial charge is 0.496 e. The third-order valence-corrected chi connectivity index (χ3v) is 4.12. The predicted octanol–water partition coefficient (Wildman–Crippen LogP) is 4.34. The predicted molar refractivity (Wildman–Crippen MR) is 99.2 cm³/mol. The molecule has 0 unspecified atom stereocenters. The average molecular weight is 336 g/mol. The van der Waals surface area contributed by atoms with Gasteiger partial charge in [0.1, 0.15) is 11.5 Å². The van der Waals surface area contributed by atoms with Crippen molar-refractivity contribution in [1.29, 1.82) is 0 Å². The second-order valence-electron chi connectivity index (χ2n) is 6.00. The van der Waals surface area contributed by atoms with Gasteiger partial charge in [0.2, 0.25) is 0 Å². The van der Waals surface area contributed by atoms with Gasteiger partial charge in [-0.25, -0.2) is 4.98 Å². The van der Waals surface area contributed by atoms with Gasteiger partial charge in [0.15, 0.2) is 0 Å². The summed E-state index contributed by atoms with van der Waals surface area (Å²) in [6, 6.07) is 16.4. The lowest BCUT2D eigenvalue weighted by atomic mass is 10.1. The molecule has 3 aromatic rings. The molecule has 0 bridgehead atoms. The maximum Gasteiger partial charge on any atom is 0.122 e. The van der Waals surface area contributed by atoms with E-state index in [0.29, 0.717) is 0 Å². The third kappa shape index (κ3) is 5.11. The molecule has 4 heteroatoms. The summed E-state index contributed by atoms with van der Waals surface area (Å²) in [6.07, 6.45) is 8.69. The molecule has 0 spiro atoms. The first-order valence-electron chi connectivity index (χ1n) is 8.64. The minimum absolute atomic E-state index is 0.726. The van der Waals surface area contributed by atoms with Gasteiger partial charge in [-0.2, -0.15) is 0 Å². The van der Waals surface area contributed by atoms with Crippen LogP contribution in [0.4, 0.5) is 0 Å². The van der Waals surface area contributed by atoms with Crippen LogP contribution in [0, 0.1) is 0 Å². The van der Waals surface area contributed by atoms with E-state index in [1.165, 1.54) is 11.1 Å². The zero-order valence-corrected chi connectivity index (χ0v) is 14.6.